The van der Waals surface area contributed by atoms with E-state index >= 15 is 0 Å². The number of alkyl halides is 3. The Labute approximate surface area is 127 Å². The van der Waals surface area contributed by atoms with E-state index in [9.17, 15) is 21.6 Å². The van der Waals surface area contributed by atoms with E-state index in [0.29, 0.717) is 31.8 Å². The highest BCUT2D eigenvalue weighted by Gasteiger charge is 2.31. The summed E-state index contributed by atoms with van der Waals surface area (Å²) >= 11 is 0. The van der Waals surface area contributed by atoms with Gasteiger partial charge in [0.15, 0.2) is 0 Å². The minimum Gasteiger partial charge on any atom is -0.371 e. The summed E-state index contributed by atoms with van der Waals surface area (Å²) in [5.41, 5.74) is -0.249. The van der Waals surface area contributed by atoms with Gasteiger partial charge in [-0.25, -0.2) is 8.42 Å². The number of morpholine rings is 1. The van der Waals surface area contributed by atoms with E-state index in [1.165, 1.54) is 6.07 Å². The van der Waals surface area contributed by atoms with Gasteiger partial charge in [-0.3, -0.25) is 4.90 Å². The molecule has 1 atom stereocenters. The topological polar surface area (TPSA) is 46.6 Å². The van der Waals surface area contributed by atoms with Crippen molar-refractivity contribution in [3.8, 4) is 0 Å². The van der Waals surface area contributed by atoms with Crippen molar-refractivity contribution < 1.29 is 26.3 Å². The summed E-state index contributed by atoms with van der Waals surface area (Å²) in [5.74, 6) is 0.0301. The predicted octanol–water partition coefficient (Wildman–Crippen LogP) is 2.12. The average Bonchev–Trinajstić information content (AvgIpc) is 2.44. The van der Waals surface area contributed by atoms with Crippen molar-refractivity contribution in [1.82, 2.24) is 4.90 Å². The fraction of sp³-hybridized carbons (Fsp3) is 0.571. The third kappa shape index (κ3) is 4.96. The summed E-state index contributed by atoms with van der Waals surface area (Å²) < 4.78 is 66.2. The molecule has 1 aromatic carbocycles. The zero-order chi connectivity index (χ0) is 16.4. The molecule has 0 amide bonds. The number of hydrogen-bond donors (Lipinski definition) is 0. The summed E-state index contributed by atoms with van der Waals surface area (Å²) in [4.78, 5) is 1.90. The molecule has 0 radical (unpaired) electrons. The molecule has 0 aromatic heterocycles. The van der Waals surface area contributed by atoms with Gasteiger partial charge in [-0.1, -0.05) is 12.1 Å². The van der Waals surface area contributed by atoms with E-state index in [2.05, 4.69) is 0 Å². The molecule has 1 saturated heterocycles. The minimum absolute atomic E-state index is 0.0301. The molecular weight excluding hydrogens is 319 g/mol. The lowest BCUT2D eigenvalue weighted by Crippen LogP contribution is -2.40. The lowest BCUT2D eigenvalue weighted by Gasteiger charge is -2.33. The fourth-order valence-electron chi connectivity index (χ4n) is 2.32. The Bertz CT molecular complexity index is 616. The highest BCUT2D eigenvalue weighted by molar-refractivity contribution is 7.90. The molecule has 8 heteroatoms. The molecule has 1 fully saturated rings. The Morgan fingerprint density at radius 2 is 2.09 bits per heavy atom. The molecule has 0 spiro atoms. The number of halogens is 3. The highest BCUT2D eigenvalue weighted by Crippen LogP contribution is 2.32. The molecule has 0 N–H and O–H groups in total. The van der Waals surface area contributed by atoms with Crippen LogP contribution >= 0.6 is 0 Å². The van der Waals surface area contributed by atoms with E-state index in [-0.39, 0.29) is 5.75 Å². The number of benzene rings is 1. The molecule has 1 aromatic rings. The maximum atomic E-state index is 12.7. The van der Waals surface area contributed by atoms with Gasteiger partial charge < -0.3 is 4.74 Å². The van der Waals surface area contributed by atoms with Gasteiger partial charge in [-0.2, -0.15) is 13.2 Å². The molecule has 1 aliphatic heterocycles. The van der Waals surface area contributed by atoms with Gasteiger partial charge in [0, 0.05) is 25.9 Å². The van der Waals surface area contributed by atoms with Crippen molar-refractivity contribution in [3.05, 3.63) is 35.4 Å². The zero-order valence-electron chi connectivity index (χ0n) is 12.1. The van der Waals surface area contributed by atoms with Gasteiger partial charge >= 0.3 is 6.18 Å². The number of nitrogens with zero attached hydrogens (tertiary/aromatic N) is 1. The maximum Gasteiger partial charge on any atom is 0.416 e. The molecule has 0 aliphatic carbocycles. The van der Waals surface area contributed by atoms with Crippen molar-refractivity contribution in [3.63, 3.8) is 0 Å². The normalized spacial score (nSPS) is 21.0. The van der Waals surface area contributed by atoms with Crippen LogP contribution < -0.4 is 0 Å². The molecule has 0 bridgehead atoms. The molecular formula is C14H18F3NO3S. The Balaban J connectivity index is 2.06. The van der Waals surface area contributed by atoms with Crippen molar-refractivity contribution in [2.75, 3.05) is 38.2 Å². The summed E-state index contributed by atoms with van der Waals surface area (Å²) in [6.07, 6.45) is -3.70. The SMILES string of the molecule is CS(=O)(=O)CCN1CCO[C@H](c2cccc(C(F)(F)F)c2)C1. The van der Waals surface area contributed by atoms with Gasteiger partial charge in [-0.15, -0.1) is 0 Å². The van der Waals surface area contributed by atoms with Crippen LogP contribution in [-0.2, 0) is 20.8 Å². The van der Waals surface area contributed by atoms with Crippen LogP contribution in [0.4, 0.5) is 13.2 Å². The first kappa shape index (κ1) is 17.2. The van der Waals surface area contributed by atoms with E-state index in [1.54, 1.807) is 6.07 Å². The summed E-state index contributed by atoms with van der Waals surface area (Å²) in [5, 5.41) is 0. The monoisotopic (exact) mass is 337 g/mol. The van der Waals surface area contributed by atoms with Crippen LogP contribution in [0.3, 0.4) is 0 Å². The first-order chi connectivity index (χ1) is 10.1. The molecule has 124 valence electrons. The second kappa shape index (κ2) is 6.55. The molecule has 22 heavy (non-hydrogen) atoms. The third-order valence-electron chi connectivity index (χ3n) is 3.51. The molecule has 4 nitrogen and oxygen atoms in total. The van der Waals surface area contributed by atoms with Gasteiger partial charge in [-0.05, 0) is 17.7 Å². The molecule has 2 rings (SSSR count). The van der Waals surface area contributed by atoms with Gasteiger partial charge in [0.05, 0.1) is 24.0 Å². The summed E-state index contributed by atoms with van der Waals surface area (Å²) in [7, 11) is -3.06. The zero-order valence-corrected chi connectivity index (χ0v) is 13.0. The number of rotatable bonds is 4. The van der Waals surface area contributed by atoms with E-state index in [4.69, 9.17) is 4.74 Å². The fourth-order valence-corrected chi connectivity index (χ4v) is 2.91. The lowest BCUT2D eigenvalue weighted by molar-refractivity contribution is -0.137. The molecule has 0 unspecified atom stereocenters. The quantitative estimate of drug-likeness (QED) is 0.844. The lowest BCUT2D eigenvalue weighted by atomic mass is 10.0. The maximum absolute atomic E-state index is 12.7. The summed E-state index contributed by atoms with van der Waals surface area (Å²) in [6, 6.07) is 5.06. The molecule has 1 heterocycles. The van der Waals surface area contributed by atoms with Crippen molar-refractivity contribution in [2.45, 2.75) is 12.3 Å². The van der Waals surface area contributed by atoms with E-state index in [1.807, 2.05) is 4.90 Å². The van der Waals surface area contributed by atoms with Gasteiger partial charge in [0.2, 0.25) is 0 Å². The Morgan fingerprint density at radius 1 is 1.36 bits per heavy atom. The molecule has 0 saturated carbocycles. The second-order valence-electron chi connectivity index (χ2n) is 5.41. The average molecular weight is 337 g/mol. The summed E-state index contributed by atoms with van der Waals surface area (Å²) in [6.45, 7) is 1.68. The van der Waals surface area contributed by atoms with Crippen LogP contribution in [0.5, 0.6) is 0 Å². The smallest absolute Gasteiger partial charge is 0.371 e. The molecule has 1 aliphatic rings. The van der Waals surface area contributed by atoms with Crippen LogP contribution in [0.1, 0.15) is 17.2 Å². The van der Waals surface area contributed by atoms with Crippen LogP contribution in [-0.4, -0.2) is 51.6 Å². The van der Waals surface area contributed by atoms with Gasteiger partial charge in [0.25, 0.3) is 0 Å². The standard InChI is InChI=1S/C14H18F3NO3S/c1-22(19,20)8-6-18-5-7-21-13(10-18)11-3-2-4-12(9-11)14(15,16)17/h2-4,9,13H,5-8,10H2,1H3/t13-/m0/s1. The van der Waals surface area contributed by atoms with Crippen LogP contribution in [0, 0.1) is 0 Å². The first-order valence-corrected chi connectivity index (χ1v) is 8.90. The van der Waals surface area contributed by atoms with Crippen LogP contribution in [0.25, 0.3) is 0 Å². The Morgan fingerprint density at radius 3 is 2.73 bits per heavy atom. The van der Waals surface area contributed by atoms with E-state index < -0.39 is 27.7 Å². The number of sulfone groups is 1. The number of ether oxygens (including phenoxy) is 1. The first-order valence-electron chi connectivity index (χ1n) is 6.84. The number of hydrogen-bond acceptors (Lipinski definition) is 4. The van der Waals surface area contributed by atoms with Crippen LogP contribution in [0.15, 0.2) is 24.3 Å². The largest absolute Gasteiger partial charge is 0.416 e. The van der Waals surface area contributed by atoms with E-state index in [0.717, 1.165) is 18.4 Å². The van der Waals surface area contributed by atoms with Crippen molar-refractivity contribution in [2.24, 2.45) is 0 Å². The van der Waals surface area contributed by atoms with Crippen molar-refractivity contribution >= 4 is 9.84 Å². The van der Waals surface area contributed by atoms with Gasteiger partial charge in [0.1, 0.15) is 9.84 Å². The van der Waals surface area contributed by atoms with Crippen LogP contribution in [0.2, 0.25) is 0 Å². The van der Waals surface area contributed by atoms with Crippen molar-refractivity contribution in [1.29, 1.82) is 0 Å². The Kier molecular flexibility index (Phi) is 5.14. The predicted molar refractivity (Wildman–Crippen MR) is 76.3 cm³/mol. The minimum atomic E-state index is -4.39. The highest BCUT2D eigenvalue weighted by atomic mass is 32.2. The Hall–Kier alpha value is -1.12. The third-order valence-corrected chi connectivity index (χ3v) is 4.44. The second-order valence-corrected chi connectivity index (χ2v) is 7.67.